The molecule has 2 N–H and O–H groups in total. The summed E-state index contributed by atoms with van der Waals surface area (Å²) in [6, 6.07) is 5.89. The van der Waals surface area contributed by atoms with Gasteiger partial charge in [0.15, 0.2) is 0 Å². The summed E-state index contributed by atoms with van der Waals surface area (Å²) in [5, 5.41) is 5.50. The first kappa shape index (κ1) is 19.6. The average molecular weight is 367 g/mol. The number of anilines is 2. The average Bonchev–Trinajstić information content (AvgIpc) is 2.58. The van der Waals surface area contributed by atoms with Crippen LogP contribution in [0.1, 0.15) is 22.5 Å². The Labute approximate surface area is 149 Å². The SMILES string of the molecule is CN(C)CCCNc1cc(C(=O)Nc2cccc(C(F)(F)F)c2)ncn1. The zero-order valence-electron chi connectivity index (χ0n) is 14.5. The fourth-order valence-corrected chi connectivity index (χ4v) is 2.16. The summed E-state index contributed by atoms with van der Waals surface area (Å²) in [7, 11) is 3.95. The summed E-state index contributed by atoms with van der Waals surface area (Å²) in [6.45, 7) is 1.57. The molecule has 0 bridgehead atoms. The van der Waals surface area contributed by atoms with Crippen LogP contribution in [0, 0.1) is 0 Å². The minimum absolute atomic E-state index is 0.0453. The summed E-state index contributed by atoms with van der Waals surface area (Å²) in [4.78, 5) is 22.2. The number of nitrogens with one attached hydrogen (secondary N) is 2. The van der Waals surface area contributed by atoms with Crippen LogP contribution in [0.5, 0.6) is 0 Å². The van der Waals surface area contributed by atoms with E-state index in [-0.39, 0.29) is 11.4 Å². The zero-order chi connectivity index (χ0) is 19.2. The number of rotatable bonds is 7. The lowest BCUT2D eigenvalue weighted by Crippen LogP contribution is -2.18. The summed E-state index contributed by atoms with van der Waals surface area (Å²) in [5.41, 5.74) is -0.724. The molecule has 0 aliphatic rings. The maximum atomic E-state index is 12.7. The van der Waals surface area contributed by atoms with Crippen LogP contribution in [0.2, 0.25) is 0 Å². The van der Waals surface area contributed by atoms with Gasteiger partial charge in [-0.1, -0.05) is 6.07 Å². The molecule has 0 unspecified atom stereocenters. The van der Waals surface area contributed by atoms with Gasteiger partial charge in [0.1, 0.15) is 17.8 Å². The molecule has 140 valence electrons. The van der Waals surface area contributed by atoms with E-state index in [2.05, 4.69) is 25.5 Å². The molecule has 2 aromatic rings. The Morgan fingerprint density at radius 2 is 1.96 bits per heavy atom. The van der Waals surface area contributed by atoms with Gasteiger partial charge in [-0.3, -0.25) is 4.79 Å². The number of halogens is 3. The molecule has 0 saturated carbocycles. The smallest absolute Gasteiger partial charge is 0.370 e. The van der Waals surface area contributed by atoms with Gasteiger partial charge < -0.3 is 15.5 Å². The number of carbonyl (C=O) groups excluding carboxylic acids is 1. The number of hydrogen-bond donors (Lipinski definition) is 2. The molecule has 0 saturated heterocycles. The van der Waals surface area contributed by atoms with Crippen LogP contribution in [0.4, 0.5) is 24.7 Å². The Hall–Kier alpha value is -2.68. The van der Waals surface area contributed by atoms with Gasteiger partial charge in [-0.15, -0.1) is 0 Å². The normalized spacial score (nSPS) is 11.5. The lowest BCUT2D eigenvalue weighted by atomic mass is 10.2. The lowest BCUT2D eigenvalue weighted by molar-refractivity contribution is -0.137. The molecule has 0 radical (unpaired) electrons. The maximum absolute atomic E-state index is 12.7. The molecule has 0 aliphatic heterocycles. The molecule has 1 aromatic heterocycles. The highest BCUT2D eigenvalue weighted by molar-refractivity contribution is 6.03. The van der Waals surface area contributed by atoms with Crippen molar-refractivity contribution in [3.8, 4) is 0 Å². The van der Waals surface area contributed by atoms with E-state index in [1.54, 1.807) is 0 Å². The van der Waals surface area contributed by atoms with Crippen LogP contribution in [-0.4, -0.2) is 48.0 Å². The second kappa shape index (κ2) is 8.61. The van der Waals surface area contributed by atoms with Crippen LogP contribution in [0.15, 0.2) is 36.7 Å². The van der Waals surface area contributed by atoms with E-state index < -0.39 is 17.6 Å². The quantitative estimate of drug-likeness (QED) is 0.736. The molecule has 9 heteroatoms. The predicted molar refractivity (Wildman–Crippen MR) is 93.1 cm³/mol. The third kappa shape index (κ3) is 5.99. The highest BCUT2D eigenvalue weighted by atomic mass is 19.4. The molecule has 0 atom stereocenters. The number of nitrogens with zero attached hydrogens (tertiary/aromatic N) is 3. The molecular formula is C17H20F3N5O. The third-order valence-electron chi connectivity index (χ3n) is 3.44. The Morgan fingerprint density at radius 1 is 1.19 bits per heavy atom. The number of benzene rings is 1. The highest BCUT2D eigenvalue weighted by Crippen LogP contribution is 2.30. The van der Waals surface area contributed by atoms with E-state index in [1.807, 2.05) is 14.1 Å². The van der Waals surface area contributed by atoms with Crippen molar-refractivity contribution in [2.24, 2.45) is 0 Å². The number of aromatic nitrogens is 2. The third-order valence-corrected chi connectivity index (χ3v) is 3.44. The van der Waals surface area contributed by atoms with Gasteiger partial charge >= 0.3 is 6.18 Å². The van der Waals surface area contributed by atoms with Gasteiger partial charge in [0.2, 0.25) is 0 Å². The van der Waals surface area contributed by atoms with Crippen molar-refractivity contribution in [1.29, 1.82) is 0 Å². The number of amides is 1. The zero-order valence-corrected chi connectivity index (χ0v) is 14.5. The van der Waals surface area contributed by atoms with Gasteiger partial charge in [-0.2, -0.15) is 13.2 Å². The van der Waals surface area contributed by atoms with Crippen LogP contribution >= 0.6 is 0 Å². The minimum Gasteiger partial charge on any atom is -0.370 e. The van der Waals surface area contributed by atoms with Gasteiger partial charge in [0, 0.05) is 18.3 Å². The van der Waals surface area contributed by atoms with Crippen molar-refractivity contribution in [3.63, 3.8) is 0 Å². The minimum atomic E-state index is -4.47. The Morgan fingerprint density at radius 3 is 2.65 bits per heavy atom. The van der Waals surface area contributed by atoms with Gasteiger partial charge in [-0.25, -0.2) is 9.97 Å². The van der Waals surface area contributed by atoms with Gasteiger partial charge in [-0.05, 0) is 45.3 Å². The topological polar surface area (TPSA) is 70.2 Å². The predicted octanol–water partition coefficient (Wildman–Crippen LogP) is 3.11. The molecule has 0 aliphatic carbocycles. The molecule has 2 rings (SSSR count). The van der Waals surface area contributed by atoms with Gasteiger partial charge in [0.05, 0.1) is 5.56 Å². The van der Waals surface area contributed by atoms with Gasteiger partial charge in [0.25, 0.3) is 5.91 Å². The number of carbonyl (C=O) groups is 1. The van der Waals surface area contributed by atoms with E-state index in [4.69, 9.17) is 0 Å². The standard InChI is InChI=1S/C17H20F3N5O/c1-25(2)8-4-7-21-15-10-14(22-11-23-15)16(26)24-13-6-3-5-12(9-13)17(18,19)20/h3,5-6,9-11H,4,7-8H2,1-2H3,(H,24,26)(H,21,22,23). The van der Waals surface area contributed by atoms with Crippen molar-refractivity contribution >= 4 is 17.4 Å². The van der Waals surface area contributed by atoms with Crippen molar-refractivity contribution in [2.75, 3.05) is 37.8 Å². The number of alkyl halides is 3. The lowest BCUT2D eigenvalue weighted by Gasteiger charge is -2.11. The van der Waals surface area contributed by atoms with Crippen molar-refractivity contribution in [1.82, 2.24) is 14.9 Å². The Balaban J connectivity index is 2.00. The summed E-state index contributed by atoms with van der Waals surface area (Å²) in [6.07, 6.45) is -2.35. The first-order valence-electron chi connectivity index (χ1n) is 7.95. The molecule has 0 fully saturated rings. The Bertz CT molecular complexity index is 749. The van der Waals surface area contributed by atoms with Crippen LogP contribution in [0.25, 0.3) is 0 Å². The summed E-state index contributed by atoms with van der Waals surface area (Å²) >= 11 is 0. The molecule has 0 spiro atoms. The highest BCUT2D eigenvalue weighted by Gasteiger charge is 2.30. The first-order valence-corrected chi connectivity index (χ1v) is 7.95. The van der Waals surface area contributed by atoms with E-state index in [0.29, 0.717) is 12.4 Å². The fraction of sp³-hybridized carbons (Fsp3) is 0.353. The van der Waals surface area contributed by atoms with Crippen molar-refractivity contribution < 1.29 is 18.0 Å². The summed E-state index contributed by atoms with van der Waals surface area (Å²) < 4.78 is 38.2. The molecule has 26 heavy (non-hydrogen) atoms. The largest absolute Gasteiger partial charge is 0.416 e. The van der Waals surface area contributed by atoms with Crippen LogP contribution in [0.3, 0.4) is 0 Å². The van der Waals surface area contributed by atoms with E-state index in [0.717, 1.165) is 25.1 Å². The molecule has 1 heterocycles. The molecule has 1 amide bonds. The van der Waals surface area contributed by atoms with Crippen molar-refractivity contribution in [2.45, 2.75) is 12.6 Å². The molecular weight excluding hydrogens is 347 g/mol. The second-order valence-electron chi connectivity index (χ2n) is 5.90. The Kier molecular flexibility index (Phi) is 6.51. The van der Waals surface area contributed by atoms with E-state index >= 15 is 0 Å². The maximum Gasteiger partial charge on any atom is 0.416 e. The van der Waals surface area contributed by atoms with E-state index in [1.165, 1.54) is 24.5 Å². The second-order valence-corrected chi connectivity index (χ2v) is 5.90. The fourth-order valence-electron chi connectivity index (χ4n) is 2.16. The van der Waals surface area contributed by atoms with Crippen LogP contribution in [-0.2, 0) is 6.18 Å². The van der Waals surface area contributed by atoms with E-state index in [9.17, 15) is 18.0 Å². The first-order chi connectivity index (χ1) is 12.3. The molecule has 1 aromatic carbocycles. The monoisotopic (exact) mass is 367 g/mol. The van der Waals surface area contributed by atoms with Crippen LogP contribution < -0.4 is 10.6 Å². The number of hydrogen-bond acceptors (Lipinski definition) is 5. The molecule has 6 nitrogen and oxygen atoms in total. The summed E-state index contributed by atoms with van der Waals surface area (Å²) in [5.74, 6) is -0.129. The van der Waals surface area contributed by atoms with Crippen molar-refractivity contribution in [3.05, 3.63) is 47.9 Å².